The molecule has 1 saturated heterocycles. The standard InChI is InChI=1S/C13H24N4O2S/c1-4-12(14)13(10-7-15-16(2)8-10)17(3)11-5-6-20(18,19)9-11/h7-8,11-13H,4-6,9,14H2,1-3H3. The van der Waals surface area contributed by atoms with Crippen molar-refractivity contribution in [3.8, 4) is 0 Å². The zero-order chi connectivity index (χ0) is 14.9. The average Bonchev–Trinajstić information content (AvgIpc) is 2.95. The fourth-order valence-electron chi connectivity index (χ4n) is 2.92. The molecular weight excluding hydrogens is 276 g/mol. The Morgan fingerprint density at radius 1 is 1.60 bits per heavy atom. The zero-order valence-electron chi connectivity index (χ0n) is 12.4. The summed E-state index contributed by atoms with van der Waals surface area (Å²) in [5, 5.41) is 4.21. The summed E-state index contributed by atoms with van der Waals surface area (Å²) in [5.74, 6) is 0.514. The first-order valence-electron chi connectivity index (χ1n) is 7.00. The molecule has 1 aliphatic heterocycles. The van der Waals surface area contributed by atoms with Crippen LogP contribution in [0.2, 0.25) is 0 Å². The lowest BCUT2D eigenvalue weighted by atomic mass is 9.97. The third-order valence-corrected chi connectivity index (χ3v) is 5.92. The van der Waals surface area contributed by atoms with Crippen molar-refractivity contribution in [3.63, 3.8) is 0 Å². The van der Waals surface area contributed by atoms with E-state index in [1.807, 2.05) is 33.4 Å². The van der Waals surface area contributed by atoms with Gasteiger partial charge in [-0.1, -0.05) is 6.92 Å². The number of sulfone groups is 1. The van der Waals surface area contributed by atoms with Crippen LogP contribution in [0, 0.1) is 0 Å². The first-order valence-corrected chi connectivity index (χ1v) is 8.82. The van der Waals surface area contributed by atoms with Crippen LogP contribution in [0.3, 0.4) is 0 Å². The lowest BCUT2D eigenvalue weighted by Gasteiger charge is -2.35. The van der Waals surface area contributed by atoms with Crippen LogP contribution in [-0.4, -0.2) is 53.7 Å². The number of nitrogens with zero attached hydrogens (tertiary/aromatic N) is 3. The van der Waals surface area contributed by atoms with Gasteiger partial charge >= 0.3 is 0 Å². The Morgan fingerprint density at radius 2 is 2.30 bits per heavy atom. The molecule has 114 valence electrons. The van der Waals surface area contributed by atoms with Crippen molar-refractivity contribution in [2.75, 3.05) is 18.6 Å². The quantitative estimate of drug-likeness (QED) is 0.847. The molecule has 3 atom stereocenters. The lowest BCUT2D eigenvalue weighted by molar-refractivity contribution is 0.161. The highest BCUT2D eigenvalue weighted by molar-refractivity contribution is 7.91. The van der Waals surface area contributed by atoms with E-state index in [0.717, 1.165) is 12.0 Å². The molecule has 0 radical (unpaired) electrons. The Balaban J connectivity index is 2.23. The smallest absolute Gasteiger partial charge is 0.151 e. The highest BCUT2D eigenvalue weighted by atomic mass is 32.2. The summed E-state index contributed by atoms with van der Waals surface area (Å²) < 4.78 is 25.1. The first kappa shape index (κ1) is 15.5. The number of hydrogen-bond acceptors (Lipinski definition) is 5. The van der Waals surface area contributed by atoms with Crippen LogP contribution in [0.1, 0.15) is 31.4 Å². The molecule has 0 spiro atoms. The molecule has 0 amide bonds. The lowest BCUT2D eigenvalue weighted by Crippen LogP contribution is -2.44. The topological polar surface area (TPSA) is 81.2 Å². The second-order valence-electron chi connectivity index (χ2n) is 5.69. The predicted octanol–water partition coefficient (Wildman–Crippen LogP) is 0.317. The molecule has 0 aromatic carbocycles. The molecule has 1 aromatic heterocycles. The van der Waals surface area contributed by atoms with Gasteiger partial charge in [0.25, 0.3) is 0 Å². The number of hydrogen-bond donors (Lipinski definition) is 1. The third kappa shape index (κ3) is 3.21. The Bertz CT molecular complexity index is 554. The monoisotopic (exact) mass is 300 g/mol. The van der Waals surface area contributed by atoms with Crippen LogP contribution < -0.4 is 5.73 Å². The average molecular weight is 300 g/mol. The summed E-state index contributed by atoms with van der Waals surface area (Å²) in [4.78, 5) is 2.12. The number of aryl methyl sites for hydroxylation is 1. The van der Waals surface area contributed by atoms with E-state index < -0.39 is 9.84 Å². The molecule has 1 fully saturated rings. The summed E-state index contributed by atoms with van der Waals surface area (Å²) in [6.45, 7) is 2.05. The maximum atomic E-state index is 11.7. The normalized spacial score (nSPS) is 24.9. The molecule has 1 aromatic rings. The van der Waals surface area contributed by atoms with Gasteiger partial charge in [-0.3, -0.25) is 9.58 Å². The highest BCUT2D eigenvalue weighted by Crippen LogP contribution is 2.29. The number of nitrogens with two attached hydrogens (primary N) is 1. The van der Waals surface area contributed by atoms with E-state index >= 15 is 0 Å². The molecule has 2 N–H and O–H groups in total. The second-order valence-corrected chi connectivity index (χ2v) is 7.92. The fourth-order valence-corrected chi connectivity index (χ4v) is 4.71. The molecule has 0 bridgehead atoms. The molecule has 0 saturated carbocycles. The third-order valence-electron chi connectivity index (χ3n) is 4.17. The maximum Gasteiger partial charge on any atom is 0.151 e. The van der Waals surface area contributed by atoms with Gasteiger partial charge < -0.3 is 5.73 Å². The SMILES string of the molecule is CCC(N)C(c1cnn(C)c1)N(C)C1CCS(=O)(=O)C1. The van der Waals surface area contributed by atoms with Gasteiger partial charge in [0.1, 0.15) is 0 Å². The minimum Gasteiger partial charge on any atom is -0.326 e. The van der Waals surface area contributed by atoms with Crippen molar-refractivity contribution in [2.24, 2.45) is 12.8 Å². The molecule has 3 unspecified atom stereocenters. The number of likely N-dealkylation sites (N-methyl/N-ethyl adjacent to an activating group) is 1. The van der Waals surface area contributed by atoms with Crippen molar-refractivity contribution in [1.29, 1.82) is 0 Å². The van der Waals surface area contributed by atoms with E-state index in [0.29, 0.717) is 6.42 Å². The molecule has 7 heteroatoms. The van der Waals surface area contributed by atoms with Crippen LogP contribution in [0.5, 0.6) is 0 Å². The Kier molecular flexibility index (Phi) is 4.51. The number of aromatic nitrogens is 2. The zero-order valence-corrected chi connectivity index (χ0v) is 13.2. The Hall–Kier alpha value is -0.920. The van der Waals surface area contributed by atoms with Gasteiger partial charge in [0.15, 0.2) is 9.84 Å². The van der Waals surface area contributed by atoms with Crippen molar-refractivity contribution < 1.29 is 8.42 Å². The van der Waals surface area contributed by atoms with Gasteiger partial charge in [-0.25, -0.2) is 8.42 Å². The molecule has 1 aliphatic rings. The minimum atomic E-state index is -2.89. The van der Waals surface area contributed by atoms with Crippen molar-refractivity contribution in [3.05, 3.63) is 18.0 Å². The Labute approximate surface area is 120 Å². The van der Waals surface area contributed by atoms with Crippen molar-refractivity contribution >= 4 is 9.84 Å². The fraction of sp³-hybridized carbons (Fsp3) is 0.769. The molecule has 20 heavy (non-hydrogen) atoms. The van der Waals surface area contributed by atoms with Crippen LogP contribution in [0.25, 0.3) is 0 Å². The predicted molar refractivity (Wildman–Crippen MR) is 79.0 cm³/mol. The van der Waals surface area contributed by atoms with Crippen molar-refractivity contribution in [2.45, 2.75) is 37.9 Å². The summed E-state index contributed by atoms with van der Waals surface area (Å²) >= 11 is 0. The van der Waals surface area contributed by atoms with Gasteiger partial charge in [-0.2, -0.15) is 5.10 Å². The molecular formula is C13H24N4O2S. The molecule has 2 rings (SSSR count). The van der Waals surface area contributed by atoms with E-state index in [4.69, 9.17) is 5.73 Å². The van der Waals surface area contributed by atoms with Crippen LogP contribution >= 0.6 is 0 Å². The number of rotatable bonds is 5. The molecule has 6 nitrogen and oxygen atoms in total. The van der Waals surface area contributed by atoms with Gasteiger partial charge in [-0.05, 0) is 19.9 Å². The van der Waals surface area contributed by atoms with Gasteiger partial charge in [0, 0.05) is 30.9 Å². The van der Waals surface area contributed by atoms with Gasteiger partial charge in [-0.15, -0.1) is 0 Å². The van der Waals surface area contributed by atoms with Gasteiger partial charge in [0.05, 0.1) is 23.7 Å². The summed E-state index contributed by atoms with van der Waals surface area (Å²) in [5.41, 5.74) is 7.32. The second kappa shape index (κ2) is 5.83. The van der Waals surface area contributed by atoms with Crippen molar-refractivity contribution in [1.82, 2.24) is 14.7 Å². The molecule has 0 aliphatic carbocycles. The van der Waals surface area contributed by atoms with E-state index in [1.54, 1.807) is 4.68 Å². The maximum absolute atomic E-state index is 11.7. The Morgan fingerprint density at radius 3 is 2.75 bits per heavy atom. The van der Waals surface area contributed by atoms with E-state index in [9.17, 15) is 8.42 Å². The summed E-state index contributed by atoms with van der Waals surface area (Å²) in [6, 6.07) is 0.0160. The van der Waals surface area contributed by atoms with Crippen LogP contribution in [-0.2, 0) is 16.9 Å². The summed E-state index contributed by atoms with van der Waals surface area (Å²) in [7, 11) is 0.957. The minimum absolute atomic E-state index is 0.00648. The van der Waals surface area contributed by atoms with E-state index in [1.165, 1.54) is 0 Å². The van der Waals surface area contributed by atoms with Gasteiger partial charge in [0.2, 0.25) is 0 Å². The molecule has 2 heterocycles. The van der Waals surface area contributed by atoms with E-state index in [-0.39, 0.29) is 29.6 Å². The highest BCUT2D eigenvalue weighted by Gasteiger charge is 2.36. The summed E-state index contributed by atoms with van der Waals surface area (Å²) in [6.07, 6.45) is 5.30. The first-order chi connectivity index (χ1) is 9.34. The largest absolute Gasteiger partial charge is 0.326 e. The van der Waals surface area contributed by atoms with Crippen LogP contribution in [0.4, 0.5) is 0 Å². The van der Waals surface area contributed by atoms with E-state index in [2.05, 4.69) is 10.00 Å². The van der Waals surface area contributed by atoms with Crippen LogP contribution in [0.15, 0.2) is 12.4 Å².